The molecule has 2 aromatic rings. The van der Waals surface area contributed by atoms with Gasteiger partial charge < -0.3 is 15.4 Å². The third kappa shape index (κ3) is 3.94. The molecule has 22 heavy (non-hydrogen) atoms. The number of methoxy groups -OCH3 is 1. The van der Waals surface area contributed by atoms with Crippen molar-refractivity contribution >= 4 is 17.4 Å². The van der Waals surface area contributed by atoms with E-state index in [2.05, 4.69) is 20.6 Å². The number of nitrogens with zero attached hydrogens (tertiary/aromatic N) is 2. The minimum absolute atomic E-state index is 0.214. The number of amides is 1. The first-order chi connectivity index (χ1) is 10.6. The van der Waals surface area contributed by atoms with Crippen LogP contribution in [0, 0.1) is 6.92 Å². The van der Waals surface area contributed by atoms with Gasteiger partial charge in [-0.15, -0.1) is 0 Å². The maximum Gasteiger partial charge on any atom is 0.271 e. The smallest absolute Gasteiger partial charge is 0.271 e. The lowest BCUT2D eigenvalue weighted by molar-refractivity contribution is 0.0948. The number of rotatable bonds is 6. The Kier molecular flexibility index (Phi) is 5.30. The molecule has 2 rings (SSSR count). The van der Waals surface area contributed by atoms with Crippen LogP contribution in [-0.4, -0.2) is 29.5 Å². The number of nitrogens with one attached hydrogen (secondary N) is 2. The first kappa shape index (κ1) is 15.8. The van der Waals surface area contributed by atoms with Gasteiger partial charge >= 0.3 is 0 Å². The summed E-state index contributed by atoms with van der Waals surface area (Å²) in [5.74, 6) is 1.06. The standard InChI is InChI=1S/C16H20N4O2/c1-4-7-17-16(21)13-9-19-15(10-18-13)20-12-8-11(2)5-6-14(12)22-3/h5-6,8-10H,4,7H2,1-3H3,(H,17,21)(H,19,20). The normalized spacial score (nSPS) is 10.1. The second-order valence-electron chi connectivity index (χ2n) is 4.87. The van der Waals surface area contributed by atoms with Gasteiger partial charge in [0.2, 0.25) is 0 Å². The van der Waals surface area contributed by atoms with Gasteiger partial charge in [-0.05, 0) is 31.0 Å². The van der Waals surface area contributed by atoms with Gasteiger partial charge in [0.25, 0.3) is 5.91 Å². The molecule has 0 spiro atoms. The topological polar surface area (TPSA) is 76.1 Å². The Morgan fingerprint density at radius 1 is 1.27 bits per heavy atom. The number of hydrogen-bond donors (Lipinski definition) is 2. The van der Waals surface area contributed by atoms with Crippen molar-refractivity contribution in [3.05, 3.63) is 41.9 Å². The molecule has 1 aromatic carbocycles. The summed E-state index contributed by atoms with van der Waals surface area (Å²) in [4.78, 5) is 20.1. The van der Waals surface area contributed by atoms with E-state index in [0.29, 0.717) is 18.1 Å². The summed E-state index contributed by atoms with van der Waals surface area (Å²) in [7, 11) is 1.61. The number of benzene rings is 1. The SMILES string of the molecule is CCCNC(=O)c1cnc(Nc2cc(C)ccc2OC)cn1. The van der Waals surface area contributed by atoms with Gasteiger partial charge in [0.05, 0.1) is 25.2 Å². The molecule has 1 amide bonds. The number of hydrogen-bond acceptors (Lipinski definition) is 5. The third-order valence-corrected chi connectivity index (χ3v) is 3.04. The van der Waals surface area contributed by atoms with Crippen molar-refractivity contribution in [2.45, 2.75) is 20.3 Å². The third-order valence-electron chi connectivity index (χ3n) is 3.04. The molecule has 0 saturated carbocycles. The average Bonchev–Trinajstić information content (AvgIpc) is 2.53. The van der Waals surface area contributed by atoms with Crippen molar-refractivity contribution in [1.29, 1.82) is 0 Å². The van der Waals surface area contributed by atoms with E-state index in [-0.39, 0.29) is 5.91 Å². The molecule has 2 N–H and O–H groups in total. The summed E-state index contributed by atoms with van der Waals surface area (Å²) in [6, 6.07) is 5.82. The molecule has 6 heteroatoms. The Hall–Kier alpha value is -2.63. The zero-order valence-corrected chi connectivity index (χ0v) is 13.0. The molecule has 0 radical (unpaired) electrons. The molecule has 1 heterocycles. The highest BCUT2D eigenvalue weighted by molar-refractivity contribution is 5.92. The van der Waals surface area contributed by atoms with Crippen molar-refractivity contribution in [3.8, 4) is 5.75 Å². The number of ether oxygens (including phenoxy) is 1. The first-order valence-corrected chi connectivity index (χ1v) is 7.16. The molecule has 0 aliphatic heterocycles. The highest BCUT2D eigenvalue weighted by Gasteiger charge is 2.08. The summed E-state index contributed by atoms with van der Waals surface area (Å²) >= 11 is 0. The number of anilines is 2. The maximum absolute atomic E-state index is 11.8. The first-order valence-electron chi connectivity index (χ1n) is 7.16. The predicted molar refractivity (Wildman–Crippen MR) is 85.7 cm³/mol. The predicted octanol–water partition coefficient (Wildman–Crippen LogP) is 2.68. The van der Waals surface area contributed by atoms with Gasteiger partial charge in [0.15, 0.2) is 0 Å². The van der Waals surface area contributed by atoms with Crippen molar-refractivity contribution in [3.63, 3.8) is 0 Å². The van der Waals surface area contributed by atoms with Gasteiger partial charge in [-0.25, -0.2) is 9.97 Å². The number of carbonyl (C=O) groups is 1. The number of aryl methyl sites for hydroxylation is 1. The van der Waals surface area contributed by atoms with Crippen LogP contribution in [0.15, 0.2) is 30.6 Å². The van der Waals surface area contributed by atoms with Gasteiger partial charge in [0, 0.05) is 6.54 Å². The second kappa shape index (κ2) is 7.40. The van der Waals surface area contributed by atoms with E-state index >= 15 is 0 Å². The molecular formula is C16H20N4O2. The van der Waals surface area contributed by atoms with Crippen LogP contribution in [-0.2, 0) is 0 Å². The average molecular weight is 300 g/mol. The van der Waals surface area contributed by atoms with E-state index in [1.54, 1.807) is 7.11 Å². The molecule has 0 saturated heterocycles. The summed E-state index contributed by atoms with van der Waals surface area (Å²) in [6.45, 7) is 4.62. The van der Waals surface area contributed by atoms with E-state index in [1.165, 1.54) is 12.4 Å². The van der Waals surface area contributed by atoms with Gasteiger partial charge in [-0.1, -0.05) is 13.0 Å². The summed E-state index contributed by atoms with van der Waals surface area (Å²) in [6.07, 6.45) is 3.87. The Morgan fingerprint density at radius 2 is 2.09 bits per heavy atom. The zero-order chi connectivity index (χ0) is 15.9. The summed E-state index contributed by atoms with van der Waals surface area (Å²) < 4.78 is 5.30. The van der Waals surface area contributed by atoms with Crippen LogP contribution in [0.2, 0.25) is 0 Å². The molecule has 116 valence electrons. The van der Waals surface area contributed by atoms with E-state index in [1.807, 2.05) is 32.0 Å². The van der Waals surface area contributed by atoms with Crippen molar-refractivity contribution in [2.24, 2.45) is 0 Å². The van der Waals surface area contributed by atoms with E-state index in [0.717, 1.165) is 23.4 Å². The highest BCUT2D eigenvalue weighted by atomic mass is 16.5. The van der Waals surface area contributed by atoms with Crippen LogP contribution in [0.25, 0.3) is 0 Å². The van der Waals surface area contributed by atoms with Crippen molar-refractivity contribution in [2.75, 3.05) is 19.0 Å². The molecule has 0 aliphatic rings. The largest absolute Gasteiger partial charge is 0.495 e. The molecule has 1 aromatic heterocycles. The Labute approximate surface area is 129 Å². The summed E-state index contributed by atoms with van der Waals surface area (Å²) in [5, 5.41) is 5.90. The minimum Gasteiger partial charge on any atom is -0.495 e. The Morgan fingerprint density at radius 3 is 2.73 bits per heavy atom. The minimum atomic E-state index is -0.214. The van der Waals surface area contributed by atoms with Gasteiger partial charge in [0.1, 0.15) is 17.3 Å². The Balaban J connectivity index is 2.11. The quantitative estimate of drug-likeness (QED) is 0.857. The monoisotopic (exact) mass is 300 g/mol. The second-order valence-corrected chi connectivity index (χ2v) is 4.87. The van der Waals surface area contributed by atoms with E-state index in [9.17, 15) is 4.79 Å². The fourth-order valence-electron chi connectivity index (χ4n) is 1.90. The highest BCUT2D eigenvalue weighted by Crippen LogP contribution is 2.27. The molecular weight excluding hydrogens is 280 g/mol. The van der Waals surface area contributed by atoms with Crippen LogP contribution in [0.5, 0.6) is 5.75 Å². The van der Waals surface area contributed by atoms with Crippen LogP contribution in [0.1, 0.15) is 29.4 Å². The van der Waals surface area contributed by atoms with Crippen LogP contribution in [0.3, 0.4) is 0 Å². The fourth-order valence-corrected chi connectivity index (χ4v) is 1.90. The van der Waals surface area contributed by atoms with E-state index in [4.69, 9.17) is 4.74 Å². The molecule has 0 aliphatic carbocycles. The maximum atomic E-state index is 11.8. The Bertz CT molecular complexity index is 641. The van der Waals surface area contributed by atoms with E-state index < -0.39 is 0 Å². The van der Waals surface area contributed by atoms with Crippen molar-refractivity contribution in [1.82, 2.24) is 15.3 Å². The van der Waals surface area contributed by atoms with Crippen molar-refractivity contribution < 1.29 is 9.53 Å². The lowest BCUT2D eigenvalue weighted by Gasteiger charge is -2.11. The number of carbonyl (C=O) groups excluding carboxylic acids is 1. The van der Waals surface area contributed by atoms with Gasteiger partial charge in [-0.3, -0.25) is 4.79 Å². The van der Waals surface area contributed by atoms with Crippen LogP contribution >= 0.6 is 0 Å². The lowest BCUT2D eigenvalue weighted by atomic mass is 10.2. The van der Waals surface area contributed by atoms with Gasteiger partial charge in [-0.2, -0.15) is 0 Å². The molecule has 0 unspecified atom stereocenters. The fraction of sp³-hybridized carbons (Fsp3) is 0.312. The van der Waals surface area contributed by atoms with Crippen LogP contribution < -0.4 is 15.4 Å². The summed E-state index contributed by atoms with van der Waals surface area (Å²) in [5.41, 5.74) is 2.21. The van der Waals surface area contributed by atoms with Crippen LogP contribution in [0.4, 0.5) is 11.5 Å². The molecule has 0 fully saturated rings. The molecule has 0 bridgehead atoms. The zero-order valence-electron chi connectivity index (χ0n) is 13.0. The lowest BCUT2D eigenvalue weighted by Crippen LogP contribution is -2.25. The molecule has 6 nitrogen and oxygen atoms in total. The number of aromatic nitrogens is 2. The molecule has 0 atom stereocenters.